The molecule has 1 aliphatic heterocycles. The van der Waals surface area contributed by atoms with Crippen molar-refractivity contribution in [3.63, 3.8) is 0 Å². The molecule has 3 nitrogen and oxygen atoms in total. The summed E-state index contributed by atoms with van der Waals surface area (Å²) in [6, 6.07) is 10.7. The average Bonchev–Trinajstić information content (AvgIpc) is 2.55. The molecule has 0 saturated carbocycles. The van der Waals surface area contributed by atoms with Gasteiger partial charge in [0.25, 0.3) is 0 Å². The van der Waals surface area contributed by atoms with Crippen LogP contribution in [0.25, 0.3) is 11.1 Å². The molecule has 0 bridgehead atoms. The van der Waals surface area contributed by atoms with Gasteiger partial charge in [-0.25, -0.2) is 0 Å². The van der Waals surface area contributed by atoms with Crippen LogP contribution in [0.3, 0.4) is 0 Å². The van der Waals surface area contributed by atoms with Crippen LogP contribution >= 0.6 is 0 Å². The highest BCUT2D eigenvalue weighted by molar-refractivity contribution is 5.63. The topological polar surface area (TPSA) is 19.4 Å². The van der Waals surface area contributed by atoms with Gasteiger partial charge in [-0.15, -0.1) is 0 Å². The van der Waals surface area contributed by atoms with Gasteiger partial charge in [-0.3, -0.25) is 9.88 Å². The third kappa shape index (κ3) is 3.69. The molecule has 0 N–H and O–H groups in total. The number of aromatic nitrogens is 1. The first-order valence-electron chi connectivity index (χ1n) is 8.90. The molecular weight excluding hydrogens is 258 g/mol. The first-order chi connectivity index (χ1) is 11.4. The molecule has 2 aromatic rings. The minimum Gasteiger partial charge on any atom is -0.304 e. The summed E-state index contributed by atoms with van der Waals surface area (Å²) in [5.41, 5.74) is 4.71. The van der Waals surface area contributed by atoms with E-state index in [1.807, 2.05) is 19.3 Å². The van der Waals surface area contributed by atoms with E-state index >= 15 is 0 Å². The Labute approximate surface area is 131 Å². The summed E-state index contributed by atoms with van der Waals surface area (Å²) < 4.78 is 22.4. The quantitative estimate of drug-likeness (QED) is 0.864. The Morgan fingerprint density at radius 2 is 1.81 bits per heavy atom. The van der Waals surface area contributed by atoms with Crippen LogP contribution in [0.4, 0.5) is 0 Å². The molecule has 2 heterocycles. The van der Waals surface area contributed by atoms with Crippen molar-refractivity contribution in [3.8, 4) is 11.1 Å². The Hall–Kier alpha value is -1.71. The number of benzene rings is 1. The van der Waals surface area contributed by atoms with Crippen molar-refractivity contribution in [2.45, 2.75) is 13.5 Å². The molecule has 3 rings (SSSR count). The van der Waals surface area contributed by atoms with E-state index in [-0.39, 0.29) is 0 Å². The average molecular weight is 284 g/mol. The summed E-state index contributed by atoms with van der Waals surface area (Å²) in [6.07, 6.45) is 3.74. The fourth-order valence-corrected chi connectivity index (χ4v) is 2.68. The standard InChI is InChI=1S/C18H23N3/c1-15-11-18(13-19-12-15)17-5-3-16(4-6-17)14-21-9-7-20(2)8-10-21/h3-6,11-13H,7-10,14H2,1-2H3/i2D3. The maximum absolute atomic E-state index is 7.47. The smallest absolute Gasteiger partial charge is 0.0394 e. The molecule has 1 aromatic carbocycles. The molecule has 0 spiro atoms. The van der Waals surface area contributed by atoms with E-state index in [0.29, 0.717) is 13.1 Å². The predicted octanol–water partition coefficient (Wildman–Crippen LogP) is 2.80. The molecule has 0 amide bonds. The summed E-state index contributed by atoms with van der Waals surface area (Å²) >= 11 is 0. The monoisotopic (exact) mass is 284 g/mol. The first-order valence-corrected chi connectivity index (χ1v) is 7.40. The number of piperazine rings is 1. The second kappa shape index (κ2) is 6.37. The van der Waals surface area contributed by atoms with E-state index < -0.39 is 6.98 Å². The Balaban J connectivity index is 1.59. The molecule has 0 unspecified atom stereocenters. The van der Waals surface area contributed by atoms with Crippen LogP contribution in [0.15, 0.2) is 42.7 Å². The lowest BCUT2D eigenvalue weighted by Crippen LogP contribution is -2.43. The van der Waals surface area contributed by atoms with Crippen molar-refractivity contribution < 1.29 is 4.11 Å². The van der Waals surface area contributed by atoms with Gasteiger partial charge in [-0.05, 0) is 36.7 Å². The third-order valence-corrected chi connectivity index (χ3v) is 3.94. The van der Waals surface area contributed by atoms with E-state index in [1.54, 1.807) is 4.90 Å². The molecule has 1 fully saturated rings. The van der Waals surface area contributed by atoms with E-state index in [9.17, 15) is 0 Å². The molecule has 0 radical (unpaired) electrons. The summed E-state index contributed by atoms with van der Waals surface area (Å²) in [5.74, 6) is 0. The lowest BCUT2D eigenvalue weighted by Gasteiger charge is -2.32. The SMILES string of the molecule is [2H]C([2H])([2H])N1CCN(Cc2ccc(-c3cncc(C)c3)cc2)CC1. The summed E-state index contributed by atoms with van der Waals surface area (Å²) in [4.78, 5) is 8.14. The van der Waals surface area contributed by atoms with Crippen molar-refractivity contribution in [3.05, 3.63) is 53.9 Å². The van der Waals surface area contributed by atoms with Gasteiger partial charge < -0.3 is 4.90 Å². The zero-order valence-corrected chi connectivity index (χ0v) is 12.4. The van der Waals surface area contributed by atoms with E-state index in [0.717, 1.165) is 30.8 Å². The van der Waals surface area contributed by atoms with Crippen molar-refractivity contribution in [1.29, 1.82) is 0 Å². The molecular formula is C18H23N3. The fourth-order valence-electron chi connectivity index (χ4n) is 2.68. The Kier molecular flexibility index (Phi) is 3.32. The van der Waals surface area contributed by atoms with Gasteiger partial charge in [0, 0.05) is 54.8 Å². The van der Waals surface area contributed by atoms with Crippen molar-refractivity contribution in [2.24, 2.45) is 0 Å². The van der Waals surface area contributed by atoms with Crippen LogP contribution in [-0.2, 0) is 6.54 Å². The number of likely N-dealkylation sites (N-methyl/N-ethyl adjacent to an activating group) is 1. The minimum absolute atomic E-state index is 0.601. The fraction of sp³-hybridized carbons (Fsp3) is 0.389. The molecule has 1 saturated heterocycles. The minimum atomic E-state index is -1.96. The van der Waals surface area contributed by atoms with Crippen LogP contribution in [0.2, 0.25) is 0 Å². The predicted molar refractivity (Wildman–Crippen MR) is 87.2 cm³/mol. The normalized spacial score (nSPS) is 19.8. The zero-order valence-electron chi connectivity index (χ0n) is 15.4. The van der Waals surface area contributed by atoms with E-state index in [2.05, 4.69) is 40.2 Å². The van der Waals surface area contributed by atoms with Gasteiger partial charge >= 0.3 is 0 Å². The highest BCUT2D eigenvalue weighted by atomic mass is 15.2. The zero-order chi connectivity index (χ0) is 17.2. The number of pyridine rings is 1. The van der Waals surface area contributed by atoms with E-state index in [4.69, 9.17) is 4.11 Å². The second-order valence-corrected chi connectivity index (χ2v) is 5.71. The van der Waals surface area contributed by atoms with Crippen LogP contribution in [-0.4, -0.2) is 47.9 Å². The van der Waals surface area contributed by atoms with Crippen LogP contribution in [0.5, 0.6) is 0 Å². The summed E-state index contributed by atoms with van der Waals surface area (Å²) in [5, 5.41) is 0. The largest absolute Gasteiger partial charge is 0.304 e. The molecule has 0 atom stereocenters. The Morgan fingerprint density at radius 3 is 2.48 bits per heavy atom. The number of hydrogen-bond donors (Lipinski definition) is 0. The third-order valence-electron chi connectivity index (χ3n) is 3.94. The van der Waals surface area contributed by atoms with Gasteiger partial charge in [0.15, 0.2) is 0 Å². The van der Waals surface area contributed by atoms with Crippen LogP contribution < -0.4 is 0 Å². The molecule has 21 heavy (non-hydrogen) atoms. The Morgan fingerprint density at radius 1 is 1.05 bits per heavy atom. The maximum Gasteiger partial charge on any atom is 0.0394 e. The van der Waals surface area contributed by atoms with Crippen LogP contribution in [0, 0.1) is 6.92 Å². The number of hydrogen-bond acceptors (Lipinski definition) is 3. The van der Waals surface area contributed by atoms with Gasteiger partial charge in [0.1, 0.15) is 0 Å². The lowest BCUT2D eigenvalue weighted by molar-refractivity contribution is 0.148. The van der Waals surface area contributed by atoms with Gasteiger partial charge in [0.2, 0.25) is 0 Å². The number of nitrogens with zero attached hydrogens (tertiary/aromatic N) is 3. The highest BCUT2D eigenvalue weighted by Gasteiger charge is 2.13. The van der Waals surface area contributed by atoms with Crippen molar-refractivity contribution in [2.75, 3.05) is 33.2 Å². The van der Waals surface area contributed by atoms with Gasteiger partial charge in [-0.1, -0.05) is 24.3 Å². The molecule has 3 heteroatoms. The van der Waals surface area contributed by atoms with Gasteiger partial charge in [-0.2, -0.15) is 0 Å². The second-order valence-electron chi connectivity index (χ2n) is 5.71. The lowest BCUT2D eigenvalue weighted by atomic mass is 10.0. The molecule has 1 aliphatic rings. The summed E-state index contributed by atoms with van der Waals surface area (Å²) in [6.45, 7) is 3.73. The van der Waals surface area contributed by atoms with Crippen molar-refractivity contribution in [1.82, 2.24) is 14.8 Å². The summed E-state index contributed by atoms with van der Waals surface area (Å²) in [7, 11) is 0. The highest BCUT2D eigenvalue weighted by Crippen LogP contribution is 2.20. The van der Waals surface area contributed by atoms with E-state index in [1.165, 1.54) is 11.1 Å². The van der Waals surface area contributed by atoms with Crippen LogP contribution in [0.1, 0.15) is 15.2 Å². The maximum atomic E-state index is 7.47. The number of aryl methyl sites for hydroxylation is 1. The molecule has 1 aromatic heterocycles. The first kappa shape index (κ1) is 10.9. The Bertz CT molecular complexity index is 675. The molecule has 0 aliphatic carbocycles. The number of rotatable bonds is 3. The van der Waals surface area contributed by atoms with Gasteiger partial charge in [0.05, 0.1) is 0 Å². The molecule has 110 valence electrons. The van der Waals surface area contributed by atoms with Crippen molar-refractivity contribution >= 4 is 0 Å².